The molecule has 1 rings (SSSR count). The molecule has 1 aliphatic rings. The summed E-state index contributed by atoms with van der Waals surface area (Å²) in [5.74, 6) is 0. The summed E-state index contributed by atoms with van der Waals surface area (Å²) in [6, 6.07) is 0.130. The van der Waals surface area contributed by atoms with Gasteiger partial charge in [-0.3, -0.25) is 0 Å². The van der Waals surface area contributed by atoms with E-state index >= 15 is 0 Å². The van der Waals surface area contributed by atoms with E-state index in [0.717, 1.165) is 25.8 Å². The average molecular weight is 257 g/mol. The molecule has 0 unspecified atom stereocenters. The zero-order valence-electron chi connectivity index (χ0n) is 11.9. The Morgan fingerprint density at radius 2 is 1.94 bits per heavy atom. The molecular formula is C14H27NO3. The van der Waals surface area contributed by atoms with E-state index in [-0.39, 0.29) is 18.7 Å². The largest absolute Gasteiger partial charge is 0.444 e. The van der Waals surface area contributed by atoms with E-state index in [1.165, 1.54) is 12.8 Å². The molecule has 0 aliphatic carbocycles. The highest BCUT2D eigenvalue weighted by Crippen LogP contribution is 2.21. The van der Waals surface area contributed by atoms with Gasteiger partial charge in [0.1, 0.15) is 5.60 Å². The maximum atomic E-state index is 12.2. The Labute approximate surface area is 110 Å². The van der Waals surface area contributed by atoms with Crippen molar-refractivity contribution >= 4 is 6.09 Å². The molecule has 1 heterocycles. The smallest absolute Gasteiger partial charge is 0.410 e. The van der Waals surface area contributed by atoms with Crippen LogP contribution in [0.1, 0.15) is 59.3 Å². The second-order valence-electron chi connectivity index (χ2n) is 6.04. The molecule has 1 amide bonds. The van der Waals surface area contributed by atoms with Crippen molar-refractivity contribution in [2.24, 2.45) is 0 Å². The molecule has 0 bridgehead atoms. The number of likely N-dealkylation sites (tertiary alicyclic amines) is 1. The Morgan fingerprint density at radius 3 is 2.56 bits per heavy atom. The number of hydrogen-bond acceptors (Lipinski definition) is 3. The predicted octanol–water partition coefficient (Wildman–Crippen LogP) is 2.94. The van der Waals surface area contributed by atoms with Crippen LogP contribution in [0.15, 0.2) is 0 Å². The molecule has 0 radical (unpaired) electrons. The molecule has 1 aliphatic heterocycles. The number of ether oxygens (including phenoxy) is 1. The van der Waals surface area contributed by atoms with E-state index in [0.29, 0.717) is 6.42 Å². The van der Waals surface area contributed by atoms with Crippen molar-refractivity contribution in [3.05, 3.63) is 0 Å². The molecule has 0 saturated carbocycles. The van der Waals surface area contributed by atoms with Gasteiger partial charge in [-0.2, -0.15) is 0 Å². The van der Waals surface area contributed by atoms with Gasteiger partial charge in [0.2, 0.25) is 0 Å². The summed E-state index contributed by atoms with van der Waals surface area (Å²) in [6.45, 7) is 6.53. The number of rotatable bonds is 2. The Balaban J connectivity index is 2.67. The van der Waals surface area contributed by atoms with Crippen LogP contribution >= 0.6 is 0 Å². The topological polar surface area (TPSA) is 49.8 Å². The molecule has 0 aromatic rings. The Morgan fingerprint density at radius 1 is 1.28 bits per heavy atom. The fourth-order valence-electron chi connectivity index (χ4n) is 2.36. The lowest BCUT2D eigenvalue weighted by Gasteiger charge is -2.34. The average Bonchev–Trinajstić information content (AvgIpc) is 2.19. The summed E-state index contributed by atoms with van der Waals surface area (Å²) in [4.78, 5) is 14.0. The first-order valence-electron chi connectivity index (χ1n) is 7.04. The molecule has 4 heteroatoms. The number of nitrogens with zero attached hydrogens (tertiary/aromatic N) is 1. The number of hydrogen-bond donors (Lipinski definition) is 1. The van der Waals surface area contributed by atoms with Crippen LogP contribution in [0.2, 0.25) is 0 Å². The van der Waals surface area contributed by atoms with Gasteiger partial charge < -0.3 is 14.7 Å². The van der Waals surface area contributed by atoms with Gasteiger partial charge in [0.05, 0.1) is 0 Å². The van der Waals surface area contributed by atoms with Crippen molar-refractivity contribution in [1.82, 2.24) is 4.90 Å². The van der Waals surface area contributed by atoms with Crippen LogP contribution in [-0.4, -0.2) is 40.9 Å². The third kappa shape index (κ3) is 5.25. The van der Waals surface area contributed by atoms with Gasteiger partial charge in [0.15, 0.2) is 0 Å². The van der Waals surface area contributed by atoms with Crippen molar-refractivity contribution < 1.29 is 14.6 Å². The summed E-state index contributed by atoms with van der Waals surface area (Å²) in [6.07, 6.45) is 5.95. The number of aliphatic hydroxyl groups is 1. The van der Waals surface area contributed by atoms with Crippen molar-refractivity contribution in [3.63, 3.8) is 0 Å². The SMILES string of the molecule is CC(C)(C)OC(=O)N1CCCCCC[C@@H]1CCO. The fraction of sp³-hybridized carbons (Fsp3) is 0.929. The highest BCUT2D eigenvalue weighted by Gasteiger charge is 2.28. The van der Waals surface area contributed by atoms with Crippen LogP contribution in [0.3, 0.4) is 0 Å². The van der Waals surface area contributed by atoms with Gasteiger partial charge in [0.25, 0.3) is 0 Å². The molecule has 4 nitrogen and oxygen atoms in total. The number of carbonyl (C=O) groups is 1. The second kappa shape index (κ2) is 6.98. The number of amides is 1. The minimum atomic E-state index is -0.455. The maximum absolute atomic E-state index is 12.2. The lowest BCUT2D eigenvalue weighted by atomic mass is 10.0. The summed E-state index contributed by atoms with van der Waals surface area (Å²) in [5, 5.41) is 9.13. The quantitative estimate of drug-likeness (QED) is 0.827. The van der Waals surface area contributed by atoms with Gasteiger partial charge in [-0.1, -0.05) is 19.3 Å². The van der Waals surface area contributed by atoms with Gasteiger partial charge >= 0.3 is 6.09 Å². The maximum Gasteiger partial charge on any atom is 0.410 e. The summed E-state index contributed by atoms with van der Waals surface area (Å²) in [7, 11) is 0. The lowest BCUT2D eigenvalue weighted by Crippen LogP contribution is -2.45. The Kier molecular flexibility index (Phi) is 5.93. The Bertz CT molecular complexity index is 260. The monoisotopic (exact) mass is 257 g/mol. The van der Waals surface area contributed by atoms with E-state index in [4.69, 9.17) is 9.84 Å². The van der Waals surface area contributed by atoms with Crippen molar-refractivity contribution in [2.45, 2.75) is 70.9 Å². The first-order chi connectivity index (χ1) is 8.44. The number of carbonyl (C=O) groups excluding carboxylic acids is 1. The van der Waals surface area contributed by atoms with Crippen LogP contribution in [-0.2, 0) is 4.74 Å². The Hall–Kier alpha value is -0.770. The third-order valence-electron chi connectivity index (χ3n) is 3.22. The zero-order chi connectivity index (χ0) is 13.6. The van der Waals surface area contributed by atoms with E-state index in [9.17, 15) is 4.79 Å². The molecule has 1 fully saturated rings. The van der Waals surface area contributed by atoms with E-state index in [1.54, 1.807) is 0 Å². The predicted molar refractivity (Wildman–Crippen MR) is 71.5 cm³/mol. The van der Waals surface area contributed by atoms with Crippen molar-refractivity contribution in [1.29, 1.82) is 0 Å². The molecule has 1 atom stereocenters. The number of aliphatic hydroxyl groups excluding tert-OH is 1. The van der Waals surface area contributed by atoms with Gasteiger partial charge in [-0.25, -0.2) is 4.79 Å². The fourth-order valence-corrected chi connectivity index (χ4v) is 2.36. The van der Waals surface area contributed by atoms with E-state index in [2.05, 4.69) is 0 Å². The van der Waals surface area contributed by atoms with Crippen LogP contribution in [0, 0.1) is 0 Å². The molecule has 106 valence electrons. The molecule has 0 spiro atoms. The molecule has 0 aromatic heterocycles. The van der Waals surface area contributed by atoms with Crippen molar-refractivity contribution in [3.8, 4) is 0 Å². The van der Waals surface area contributed by atoms with E-state index < -0.39 is 5.60 Å². The minimum Gasteiger partial charge on any atom is -0.444 e. The van der Waals surface area contributed by atoms with E-state index in [1.807, 2.05) is 25.7 Å². The zero-order valence-corrected chi connectivity index (χ0v) is 11.9. The van der Waals surface area contributed by atoms with Crippen LogP contribution < -0.4 is 0 Å². The first-order valence-corrected chi connectivity index (χ1v) is 7.04. The third-order valence-corrected chi connectivity index (χ3v) is 3.22. The first kappa shape index (κ1) is 15.3. The van der Waals surface area contributed by atoms with Gasteiger partial charge in [0, 0.05) is 19.2 Å². The summed E-state index contributed by atoms with van der Waals surface area (Å²) in [5.41, 5.74) is -0.455. The minimum absolute atomic E-state index is 0.129. The van der Waals surface area contributed by atoms with Gasteiger partial charge in [-0.05, 0) is 40.0 Å². The molecule has 18 heavy (non-hydrogen) atoms. The lowest BCUT2D eigenvalue weighted by molar-refractivity contribution is 0.0107. The van der Waals surface area contributed by atoms with Crippen LogP contribution in [0.25, 0.3) is 0 Å². The molecule has 1 saturated heterocycles. The highest BCUT2D eigenvalue weighted by molar-refractivity contribution is 5.68. The van der Waals surface area contributed by atoms with Gasteiger partial charge in [-0.15, -0.1) is 0 Å². The van der Waals surface area contributed by atoms with Crippen molar-refractivity contribution in [2.75, 3.05) is 13.2 Å². The molecule has 1 N–H and O–H groups in total. The molecule has 0 aromatic carbocycles. The second-order valence-corrected chi connectivity index (χ2v) is 6.04. The normalized spacial score (nSPS) is 22.2. The van der Waals surface area contributed by atoms with Crippen LogP contribution in [0.4, 0.5) is 4.79 Å². The highest BCUT2D eigenvalue weighted by atomic mass is 16.6. The molecular weight excluding hydrogens is 230 g/mol. The summed E-state index contributed by atoms with van der Waals surface area (Å²) < 4.78 is 5.46. The standard InChI is InChI=1S/C14H27NO3/c1-14(2,3)18-13(17)15-10-7-5-4-6-8-12(15)9-11-16/h12,16H,4-11H2,1-3H3/t12-/m1/s1. The summed E-state index contributed by atoms with van der Waals surface area (Å²) >= 11 is 0. The van der Waals surface area contributed by atoms with Crippen LogP contribution in [0.5, 0.6) is 0 Å².